The second-order valence-electron chi connectivity index (χ2n) is 9.04. The van der Waals surface area contributed by atoms with Gasteiger partial charge in [-0.15, -0.1) is 5.10 Å². The number of rotatable bonds is 4. The highest BCUT2D eigenvalue weighted by molar-refractivity contribution is 5.70. The molecule has 0 bridgehead atoms. The van der Waals surface area contributed by atoms with E-state index in [0.717, 1.165) is 33.8 Å². The lowest BCUT2D eigenvalue weighted by Gasteiger charge is -2.26. The molecule has 1 aliphatic rings. The van der Waals surface area contributed by atoms with E-state index in [9.17, 15) is 5.11 Å². The molecule has 3 aromatic heterocycles. The molecule has 0 fully saturated rings. The van der Waals surface area contributed by atoms with Crippen molar-refractivity contribution in [2.24, 2.45) is 0 Å². The van der Waals surface area contributed by atoms with E-state index in [1.165, 1.54) is 0 Å². The van der Waals surface area contributed by atoms with Gasteiger partial charge in [0.1, 0.15) is 17.8 Å². The molecule has 0 aliphatic carbocycles. The Morgan fingerprint density at radius 2 is 1.66 bits per heavy atom. The molecule has 9 nitrogen and oxygen atoms in total. The van der Waals surface area contributed by atoms with E-state index in [1.54, 1.807) is 36.2 Å². The lowest BCUT2D eigenvalue weighted by molar-refractivity contribution is 0.402. The second kappa shape index (κ2) is 8.45. The van der Waals surface area contributed by atoms with Crippen LogP contribution in [0, 0.1) is 6.92 Å². The highest BCUT2D eigenvalue weighted by Crippen LogP contribution is 2.50. The van der Waals surface area contributed by atoms with Crippen LogP contribution in [-0.4, -0.2) is 41.6 Å². The fourth-order valence-corrected chi connectivity index (χ4v) is 5.03. The summed E-state index contributed by atoms with van der Waals surface area (Å²) in [5.41, 5.74) is 5.55. The summed E-state index contributed by atoms with van der Waals surface area (Å²) >= 11 is 0. The maximum absolute atomic E-state index is 10.4. The summed E-state index contributed by atoms with van der Waals surface area (Å²) in [5, 5.41) is 19.9. The molecule has 38 heavy (non-hydrogen) atoms. The number of methoxy groups -OCH3 is 1. The van der Waals surface area contributed by atoms with E-state index in [4.69, 9.17) is 19.6 Å². The van der Waals surface area contributed by atoms with E-state index in [0.29, 0.717) is 28.8 Å². The summed E-state index contributed by atoms with van der Waals surface area (Å²) in [7, 11) is 1.65. The van der Waals surface area contributed by atoms with Gasteiger partial charge in [0.05, 0.1) is 41.1 Å². The molecular weight excluding hydrogens is 480 g/mol. The van der Waals surface area contributed by atoms with Gasteiger partial charge in [0.15, 0.2) is 11.5 Å². The minimum Gasteiger partial charge on any atom is -0.507 e. The molecule has 1 N–H and O–H groups in total. The standard InChI is InChI=1S/C29H22N6O3/c1-17-23-24(18-12-14-20(37-2)15-13-18)25-27-31-26(21-10-6-7-11-22(21)36)33-34(27)16-30-28(25)38-29(23)35(32-17)19-8-4-3-5-9-19/h3-16,24,36H,1-2H3/t24-/m1/s1. The Labute approximate surface area is 217 Å². The van der Waals surface area contributed by atoms with Gasteiger partial charge in [0.2, 0.25) is 11.8 Å². The topological polar surface area (TPSA) is 99.6 Å². The van der Waals surface area contributed by atoms with Crippen LogP contribution >= 0.6 is 0 Å². The molecule has 7 rings (SSSR count). The van der Waals surface area contributed by atoms with Gasteiger partial charge in [-0.25, -0.2) is 19.2 Å². The Kier molecular flexibility index (Phi) is 4.90. The average Bonchev–Trinajstić information content (AvgIpc) is 3.54. The Bertz CT molecular complexity index is 1810. The fraction of sp³-hybridized carbons (Fsp3) is 0.103. The Balaban J connectivity index is 1.49. The van der Waals surface area contributed by atoms with E-state index < -0.39 is 0 Å². The molecule has 0 unspecified atom stereocenters. The van der Waals surface area contributed by atoms with Gasteiger partial charge in [-0.3, -0.25) is 0 Å². The van der Waals surface area contributed by atoms with Crippen LogP contribution in [0.1, 0.15) is 28.3 Å². The average molecular weight is 503 g/mol. The van der Waals surface area contributed by atoms with Crippen molar-refractivity contribution in [1.29, 1.82) is 0 Å². The van der Waals surface area contributed by atoms with Gasteiger partial charge in [0, 0.05) is 0 Å². The SMILES string of the molecule is COc1ccc([C@@H]2c3c(C)nn(-c4ccccc4)c3Oc3ncn4nc(-c5ccccc5O)nc4c32)cc1. The van der Waals surface area contributed by atoms with Crippen molar-refractivity contribution in [3.63, 3.8) is 0 Å². The first-order valence-corrected chi connectivity index (χ1v) is 12.1. The number of ether oxygens (including phenoxy) is 2. The predicted molar refractivity (Wildman–Crippen MR) is 140 cm³/mol. The summed E-state index contributed by atoms with van der Waals surface area (Å²) in [6.07, 6.45) is 1.58. The molecule has 0 spiro atoms. The largest absolute Gasteiger partial charge is 0.507 e. The number of aromatic hydroxyl groups is 1. The lowest BCUT2D eigenvalue weighted by atomic mass is 9.84. The highest BCUT2D eigenvalue weighted by Gasteiger charge is 2.38. The number of para-hydroxylation sites is 2. The van der Waals surface area contributed by atoms with Gasteiger partial charge in [-0.05, 0) is 48.9 Å². The van der Waals surface area contributed by atoms with Crippen LogP contribution in [0.2, 0.25) is 0 Å². The summed E-state index contributed by atoms with van der Waals surface area (Å²) in [4.78, 5) is 9.49. The molecular formula is C29H22N6O3. The molecule has 1 aliphatic heterocycles. The number of aryl methyl sites for hydroxylation is 1. The minimum absolute atomic E-state index is 0.107. The van der Waals surface area contributed by atoms with Crippen molar-refractivity contribution in [3.05, 3.63) is 108 Å². The number of benzene rings is 3. The van der Waals surface area contributed by atoms with Crippen LogP contribution in [0.15, 0.2) is 85.2 Å². The predicted octanol–water partition coefficient (Wildman–Crippen LogP) is 5.29. The number of phenols is 1. The van der Waals surface area contributed by atoms with Crippen molar-refractivity contribution < 1.29 is 14.6 Å². The Morgan fingerprint density at radius 3 is 2.42 bits per heavy atom. The first kappa shape index (κ1) is 22.1. The molecule has 4 heterocycles. The van der Waals surface area contributed by atoms with Crippen LogP contribution < -0.4 is 9.47 Å². The number of hydrogen-bond donors (Lipinski definition) is 1. The van der Waals surface area contributed by atoms with Crippen LogP contribution in [0.3, 0.4) is 0 Å². The number of phenolic OH excluding ortho intramolecular Hbond substituents is 1. The van der Waals surface area contributed by atoms with Gasteiger partial charge < -0.3 is 14.6 Å². The van der Waals surface area contributed by atoms with Crippen LogP contribution in [-0.2, 0) is 0 Å². The highest BCUT2D eigenvalue weighted by atomic mass is 16.5. The summed E-state index contributed by atoms with van der Waals surface area (Å²) in [5.74, 6) is 2.02. The first-order valence-electron chi connectivity index (χ1n) is 12.1. The summed E-state index contributed by atoms with van der Waals surface area (Å²) in [6, 6.07) is 24.8. The molecule has 186 valence electrons. The molecule has 6 aromatic rings. The van der Waals surface area contributed by atoms with Crippen molar-refractivity contribution >= 4 is 5.65 Å². The molecule has 0 saturated heterocycles. The smallest absolute Gasteiger partial charge is 0.230 e. The van der Waals surface area contributed by atoms with Crippen LogP contribution in [0.4, 0.5) is 0 Å². The third-order valence-electron chi connectivity index (χ3n) is 6.82. The first-order chi connectivity index (χ1) is 18.6. The third kappa shape index (κ3) is 3.32. The monoisotopic (exact) mass is 502 g/mol. The van der Waals surface area contributed by atoms with Gasteiger partial charge >= 0.3 is 0 Å². The number of aromatic nitrogens is 6. The number of hydrogen-bond acceptors (Lipinski definition) is 7. The van der Waals surface area contributed by atoms with E-state index in [2.05, 4.69) is 10.1 Å². The summed E-state index contributed by atoms with van der Waals surface area (Å²) in [6.45, 7) is 1.98. The van der Waals surface area contributed by atoms with Crippen molar-refractivity contribution in [3.8, 4) is 40.3 Å². The van der Waals surface area contributed by atoms with Crippen LogP contribution in [0.25, 0.3) is 22.7 Å². The number of nitrogens with zero attached hydrogens (tertiary/aromatic N) is 6. The molecule has 0 saturated carbocycles. The molecule has 3 aromatic carbocycles. The van der Waals surface area contributed by atoms with E-state index in [1.807, 2.05) is 72.3 Å². The molecule has 9 heteroatoms. The van der Waals surface area contributed by atoms with Gasteiger partial charge in [-0.2, -0.15) is 5.10 Å². The minimum atomic E-state index is -0.283. The third-order valence-corrected chi connectivity index (χ3v) is 6.82. The summed E-state index contributed by atoms with van der Waals surface area (Å²) < 4.78 is 15.3. The van der Waals surface area contributed by atoms with Crippen molar-refractivity contribution in [1.82, 2.24) is 29.4 Å². The van der Waals surface area contributed by atoms with Gasteiger partial charge in [-0.1, -0.05) is 42.5 Å². The zero-order valence-corrected chi connectivity index (χ0v) is 20.6. The molecule has 0 amide bonds. The molecule has 1 atom stereocenters. The Hall–Kier alpha value is -5.18. The molecule has 0 radical (unpaired) electrons. The van der Waals surface area contributed by atoms with Crippen molar-refractivity contribution in [2.45, 2.75) is 12.8 Å². The van der Waals surface area contributed by atoms with E-state index in [-0.39, 0.29) is 11.7 Å². The van der Waals surface area contributed by atoms with Crippen LogP contribution in [0.5, 0.6) is 23.3 Å². The zero-order chi connectivity index (χ0) is 25.8. The van der Waals surface area contributed by atoms with Gasteiger partial charge in [0.25, 0.3) is 0 Å². The Morgan fingerprint density at radius 1 is 0.895 bits per heavy atom. The second-order valence-corrected chi connectivity index (χ2v) is 9.04. The zero-order valence-electron chi connectivity index (χ0n) is 20.6. The lowest BCUT2D eigenvalue weighted by Crippen LogP contribution is -2.16. The van der Waals surface area contributed by atoms with E-state index >= 15 is 0 Å². The normalized spacial score (nSPS) is 14.1. The number of fused-ring (bicyclic) bond motifs is 4. The maximum atomic E-state index is 10.4. The fourth-order valence-electron chi connectivity index (χ4n) is 5.03. The van der Waals surface area contributed by atoms with Crippen molar-refractivity contribution in [2.75, 3.05) is 7.11 Å². The maximum Gasteiger partial charge on any atom is 0.230 e. The quantitative estimate of drug-likeness (QED) is 0.349.